The summed E-state index contributed by atoms with van der Waals surface area (Å²) in [6.07, 6.45) is 0. The molecule has 0 radical (unpaired) electrons. The van der Waals surface area contributed by atoms with Gasteiger partial charge in [-0.1, -0.05) is 12.1 Å². The summed E-state index contributed by atoms with van der Waals surface area (Å²) in [5.74, 6) is -0.288. The van der Waals surface area contributed by atoms with Crippen molar-refractivity contribution >= 4 is 17.3 Å². The molecule has 0 atom stereocenters. The number of carbonyl (C=O) groups is 1. The Hall–Kier alpha value is -2.49. The van der Waals surface area contributed by atoms with Gasteiger partial charge in [0.25, 0.3) is 5.91 Å². The van der Waals surface area contributed by atoms with E-state index >= 15 is 0 Å². The molecule has 4 heteroatoms. The van der Waals surface area contributed by atoms with Crippen molar-refractivity contribution in [3.63, 3.8) is 0 Å². The molecule has 0 aliphatic rings. The van der Waals surface area contributed by atoms with Crippen molar-refractivity contribution in [1.29, 1.82) is 0 Å². The number of rotatable bonds is 2. The SMILES string of the molecule is Cc1ccc(C(=O)N(C)c2cccc(N)c2)c(O)c1. The number of nitrogens with two attached hydrogens (primary N) is 1. The Kier molecular flexibility index (Phi) is 3.42. The lowest BCUT2D eigenvalue weighted by Crippen LogP contribution is -2.26. The molecule has 19 heavy (non-hydrogen) atoms. The maximum absolute atomic E-state index is 12.3. The Bertz CT molecular complexity index is 623. The van der Waals surface area contributed by atoms with Crippen LogP contribution in [0.3, 0.4) is 0 Å². The second-order valence-electron chi connectivity index (χ2n) is 4.48. The fourth-order valence-electron chi connectivity index (χ4n) is 1.85. The molecule has 0 heterocycles. The molecule has 0 unspecified atom stereocenters. The van der Waals surface area contributed by atoms with Crippen molar-refractivity contribution in [1.82, 2.24) is 0 Å². The highest BCUT2D eigenvalue weighted by Gasteiger charge is 2.17. The number of nitrogens with zero attached hydrogens (tertiary/aromatic N) is 1. The van der Waals surface area contributed by atoms with E-state index < -0.39 is 0 Å². The van der Waals surface area contributed by atoms with E-state index in [2.05, 4.69) is 0 Å². The number of phenols is 1. The van der Waals surface area contributed by atoms with E-state index in [1.807, 2.05) is 6.92 Å². The van der Waals surface area contributed by atoms with Gasteiger partial charge in [-0.2, -0.15) is 0 Å². The van der Waals surface area contributed by atoms with E-state index in [1.54, 1.807) is 49.5 Å². The smallest absolute Gasteiger partial charge is 0.261 e. The summed E-state index contributed by atoms with van der Waals surface area (Å²) in [5.41, 5.74) is 8.15. The van der Waals surface area contributed by atoms with Gasteiger partial charge in [-0.05, 0) is 42.8 Å². The first-order valence-electron chi connectivity index (χ1n) is 5.92. The summed E-state index contributed by atoms with van der Waals surface area (Å²) >= 11 is 0. The highest BCUT2D eigenvalue weighted by atomic mass is 16.3. The average Bonchev–Trinajstić information content (AvgIpc) is 2.37. The number of nitrogen functional groups attached to an aromatic ring is 1. The van der Waals surface area contributed by atoms with Crippen LogP contribution in [0.4, 0.5) is 11.4 Å². The Morgan fingerprint density at radius 1 is 1.21 bits per heavy atom. The fourth-order valence-corrected chi connectivity index (χ4v) is 1.85. The van der Waals surface area contributed by atoms with Gasteiger partial charge in [-0.3, -0.25) is 4.79 Å². The molecular weight excluding hydrogens is 240 g/mol. The highest BCUT2D eigenvalue weighted by Crippen LogP contribution is 2.23. The van der Waals surface area contributed by atoms with Crippen LogP contribution >= 0.6 is 0 Å². The predicted molar refractivity (Wildman–Crippen MR) is 76.4 cm³/mol. The summed E-state index contributed by atoms with van der Waals surface area (Å²) in [5, 5.41) is 9.84. The molecule has 2 rings (SSSR count). The van der Waals surface area contributed by atoms with Crippen LogP contribution in [-0.4, -0.2) is 18.1 Å². The third-order valence-electron chi connectivity index (χ3n) is 2.95. The van der Waals surface area contributed by atoms with Crippen LogP contribution in [0.25, 0.3) is 0 Å². The number of hydrogen-bond donors (Lipinski definition) is 2. The molecule has 0 aliphatic carbocycles. The zero-order chi connectivity index (χ0) is 14.0. The van der Waals surface area contributed by atoms with E-state index in [-0.39, 0.29) is 17.2 Å². The quantitative estimate of drug-likeness (QED) is 0.811. The van der Waals surface area contributed by atoms with Crippen molar-refractivity contribution in [3.8, 4) is 5.75 Å². The van der Waals surface area contributed by atoms with Crippen LogP contribution in [-0.2, 0) is 0 Å². The topological polar surface area (TPSA) is 66.6 Å². The van der Waals surface area contributed by atoms with Crippen LogP contribution in [0.5, 0.6) is 5.75 Å². The predicted octanol–water partition coefficient (Wildman–Crippen LogP) is 2.56. The minimum Gasteiger partial charge on any atom is -0.507 e. The Morgan fingerprint density at radius 3 is 2.58 bits per heavy atom. The molecule has 0 saturated heterocycles. The first kappa shape index (κ1) is 13.0. The van der Waals surface area contributed by atoms with Gasteiger partial charge in [0.15, 0.2) is 0 Å². The molecule has 0 saturated carbocycles. The average molecular weight is 256 g/mol. The molecule has 2 aromatic carbocycles. The van der Waals surface area contributed by atoms with Gasteiger partial charge in [0.1, 0.15) is 5.75 Å². The monoisotopic (exact) mass is 256 g/mol. The molecule has 98 valence electrons. The van der Waals surface area contributed by atoms with Crippen molar-refractivity contribution in [3.05, 3.63) is 53.6 Å². The number of phenolic OH excluding ortho intramolecular Hbond substituents is 1. The lowest BCUT2D eigenvalue weighted by molar-refractivity contribution is 0.0990. The summed E-state index contributed by atoms with van der Waals surface area (Å²) < 4.78 is 0. The molecule has 4 nitrogen and oxygen atoms in total. The first-order chi connectivity index (χ1) is 8.99. The number of carbonyl (C=O) groups excluding carboxylic acids is 1. The molecule has 0 aliphatic heterocycles. The van der Waals surface area contributed by atoms with Crippen LogP contribution in [0.15, 0.2) is 42.5 Å². The second kappa shape index (κ2) is 5.02. The van der Waals surface area contributed by atoms with Gasteiger partial charge in [0, 0.05) is 18.4 Å². The first-order valence-corrected chi connectivity index (χ1v) is 5.92. The standard InChI is InChI=1S/C15H16N2O2/c1-10-6-7-13(14(18)8-10)15(19)17(2)12-5-3-4-11(16)9-12/h3-9,18H,16H2,1-2H3. The van der Waals surface area contributed by atoms with Crippen molar-refractivity contribution in [2.24, 2.45) is 0 Å². The molecule has 3 N–H and O–H groups in total. The van der Waals surface area contributed by atoms with E-state index in [0.717, 1.165) is 5.56 Å². The maximum Gasteiger partial charge on any atom is 0.261 e. The highest BCUT2D eigenvalue weighted by molar-refractivity contribution is 6.07. The summed E-state index contributed by atoms with van der Waals surface area (Å²) in [7, 11) is 1.65. The number of anilines is 2. The van der Waals surface area contributed by atoms with E-state index in [1.165, 1.54) is 4.90 Å². The van der Waals surface area contributed by atoms with Gasteiger partial charge in [0.2, 0.25) is 0 Å². The van der Waals surface area contributed by atoms with Gasteiger partial charge in [0.05, 0.1) is 5.56 Å². The lowest BCUT2D eigenvalue weighted by atomic mass is 10.1. The molecule has 0 aromatic heterocycles. The number of aryl methyl sites for hydroxylation is 1. The van der Waals surface area contributed by atoms with Gasteiger partial charge in [-0.25, -0.2) is 0 Å². The minimum atomic E-state index is -0.275. The lowest BCUT2D eigenvalue weighted by Gasteiger charge is -2.18. The van der Waals surface area contributed by atoms with Gasteiger partial charge in [-0.15, -0.1) is 0 Å². The molecule has 2 aromatic rings. The largest absolute Gasteiger partial charge is 0.507 e. The summed E-state index contributed by atoms with van der Waals surface area (Å²) in [6.45, 7) is 1.86. The third-order valence-corrected chi connectivity index (χ3v) is 2.95. The molecule has 0 fully saturated rings. The number of hydrogen-bond acceptors (Lipinski definition) is 3. The van der Waals surface area contributed by atoms with Gasteiger partial charge < -0.3 is 15.7 Å². The zero-order valence-electron chi connectivity index (χ0n) is 10.9. The van der Waals surface area contributed by atoms with Gasteiger partial charge >= 0.3 is 0 Å². The van der Waals surface area contributed by atoms with Crippen LogP contribution in [0.2, 0.25) is 0 Å². The summed E-state index contributed by atoms with van der Waals surface area (Å²) in [6, 6.07) is 12.0. The van der Waals surface area contributed by atoms with E-state index in [0.29, 0.717) is 11.4 Å². The molecule has 1 amide bonds. The van der Waals surface area contributed by atoms with E-state index in [9.17, 15) is 9.90 Å². The summed E-state index contributed by atoms with van der Waals surface area (Å²) in [4.78, 5) is 13.8. The third kappa shape index (κ3) is 2.68. The number of amides is 1. The Balaban J connectivity index is 2.33. The fraction of sp³-hybridized carbons (Fsp3) is 0.133. The minimum absolute atomic E-state index is 0.0132. The second-order valence-corrected chi connectivity index (χ2v) is 4.48. The van der Waals surface area contributed by atoms with Crippen molar-refractivity contribution in [2.75, 3.05) is 17.7 Å². The van der Waals surface area contributed by atoms with Crippen LogP contribution < -0.4 is 10.6 Å². The van der Waals surface area contributed by atoms with Crippen molar-refractivity contribution < 1.29 is 9.90 Å². The molecule has 0 bridgehead atoms. The van der Waals surface area contributed by atoms with Crippen molar-refractivity contribution in [2.45, 2.75) is 6.92 Å². The Morgan fingerprint density at radius 2 is 1.95 bits per heavy atom. The normalized spacial score (nSPS) is 10.2. The zero-order valence-corrected chi connectivity index (χ0v) is 10.9. The molecular formula is C15H16N2O2. The van der Waals surface area contributed by atoms with E-state index in [4.69, 9.17) is 5.73 Å². The number of aromatic hydroxyl groups is 1. The Labute approximate surface area is 112 Å². The van der Waals surface area contributed by atoms with Crippen LogP contribution in [0, 0.1) is 6.92 Å². The van der Waals surface area contributed by atoms with Crippen LogP contribution in [0.1, 0.15) is 15.9 Å². The molecule has 0 spiro atoms. The maximum atomic E-state index is 12.3. The number of benzene rings is 2.